The number of pyridine rings is 1. The fourth-order valence-electron chi connectivity index (χ4n) is 2.30. The zero-order valence-corrected chi connectivity index (χ0v) is 10.9. The van der Waals surface area contributed by atoms with E-state index >= 15 is 0 Å². The zero-order valence-electron chi connectivity index (χ0n) is 10.9. The molecule has 2 rings (SSSR count). The van der Waals surface area contributed by atoms with Gasteiger partial charge in [-0.15, -0.1) is 0 Å². The SMILES string of the molecule is CCN(c1cc(C)c([N+](=O)[O-])cn1)[C@H]1CCNC1=O. The smallest absolute Gasteiger partial charge is 0.290 e. The highest BCUT2D eigenvalue weighted by Crippen LogP contribution is 2.24. The monoisotopic (exact) mass is 264 g/mol. The second kappa shape index (κ2) is 5.21. The normalized spacial score (nSPS) is 18.2. The molecule has 0 saturated carbocycles. The van der Waals surface area contributed by atoms with Crippen LogP contribution in [0.25, 0.3) is 0 Å². The Labute approximate surface area is 110 Å². The number of aromatic nitrogens is 1. The van der Waals surface area contributed by atoms with Gasteiger partial charge in [0.15, 0.2) is 0 Å². The lowest BCUT2D eigenvalue weighted by Crippen LogP contribution is -2.41. The Balaban J connectivity index is 2.31. The summed E-state index contributed by atoms with van der Waals surface area (Å²) in [5, 5.41) is 13.6. The fraction of sp³-hybridized carbons (Fsp3) is 0.500. The van der Waals surface area contributed by atoms with E-state index in [0.717, 1.165) is 6.42 Å². The van der Waals surface area contributed by atoms with Gasteiger partial charge in [-0.3, -0.25) is 14.9 Å². The molecule has 102 valence electrons. The lowest BCUT2D eigenvalue weighted by atomic mass is 10.2. The number of amides is 1. The molecule has 19 heavy (non-hydrogen) atoms. The number of nitrogens with one attached hydrogen (secondary N) is 1. The van der Waals surface area contributed by atoms with Crippen LogP contribution >= 0.6 is 0 Å². The average molecular weight is 264 g/mol. The third-order valence-electron chi connectivity index (χ3n) is 3.30. The lowest BCUT2D eigenvalue weighted by Gasteiger charge is -2.26. The van der Waals surface area contributed by atoms with Crippen molar-refractivity contribution in [3.63, 3.8) is 0 Å². The summed E-state index contributed by atoms with van der Waals surface area (Å²) in [4.78, 5) is 28.0. The van der Waals surface area contributed by atoms with Gasteiger partial charge in [0.05, 0.1) is 4.92 Å². The molecular formula is C12H16N4O3. The van der Waals surface area contributed by atoms with Gasteiger partial charge >= 0.3 is 0 Å². The molecule has 1 amide bonds. The van der Waals surface area contributed by atoms with Gasteiger partial charge in [-0.25, -0.2) is 4.98 Å². The molecule has 2 heterocycles. The molecule has 1 aromatic rings. The van der Waals surface area contributed by atoms with Gasteiger partial charge in [-0.05, 0) is 26.3 Å². The van der Waals surface area contributed by atoms with Crippen molar-refractivity contribution in [3.8, 4) is 0 Å². The second-order valence-electron chi connectivity index (χ2n) is 4.47. The van der Waals surface area contributed by atoms with Crippen LogP contribution in [0.2, 0.25) is 0 Å². The first kappa shape index (κ1) is 13.3. The minimum Gasteiger partial charge on any atom is -0.354 e. The Morgan fingerprint density at radius 2 is 2.37 bits per heavy atom. The van der Waals surface area contributed by atoms with Crippen molar-refractivity contribution < 1.29 is 9.72 Å². The lowest BCUT2D eigenvalue weighted by molar-refractivity contribution is -0.385. The molecule has 1 N–H and O–H groups in total. The van der Waals surface area contributed by atoms with Crippen LogP contribution in [0.1, 0.15) is 18.9 Å². The minimum atomic E-state index is -0.454. The van der Waals surface area contributed by atoms with Crippen molar-refractivity contribution in [1.82, 2.24) is 10.3 Å². The Bertz CT molecular complexity index is 518. The standard InChI is InChI=1S/C12H16N4O3/c1-3-15(9-4-5-13-12(9)17)11-6-8(2)10(7-14-11)16(18)19/h6-7,9H,3-5H2,1-2H3,(H,13,17)/t9-/m0/s1. The Hall–Kier alpha value is -2.18. The summed E-state index contributed by atoms with van der Waals surface area (Å²) < 4.78 is 0. The van der Waals surface area contributed by atoms with E-state index in [1.54, 1.807) is 13.0 Å². The van der Waals surface area contributed by atoms with E-state index in [9.17, 15) is 14.9 Å². The van der Waals surface area contributed by atoms with Crippen LogP contribution in [-0.2, 0) is 4.79 Å². The number of carbonyl (C=O) groups is 1. The highest BCUT2D eigenvalue weighted by molar-refractivity contribution is 5.87. The van der Waals surface area contributed by atoms with E-state index in [-0.39, 0.29) is 17.6 Å². The molecule has 0 aromatic carbocycles. The first-order valence-electron chi connectivity index (χ1n) is 6.20. The molecule has 1 atom stereocenters. The van der Waals surface area contributed by atoms with Crippen molar-refractivity contribution in [3.05, 3.63) is 27.9 Å². The number of nitro groups is 1. The number of likely N-dealkylation sites (N-methyl/N-ethyl adjacent to an activating group) is 1. The van der Waals surface area contributed by atoms with E-state index < -0.39 is 4.92 Å². The second-order valence-corrected chi connectivity index (χ2v) is 4.47. The maximum absolute atomic E-state index is 11.7. The van der Waals surface area contributed by atoms with Gasteiger partial charge in [0, 0.05) is 18.7 Å². The Kier molecular flexibility index (Phi) is 3.64. The number of rotatable bonds is 4. The van der Waals surface area contributed by atoms with Crippen LogP contribution in [0.4, 0.5) is 11.5 Å². The van der Waals surface area contributed by atoms with Crippen LogP contribution in [0.5, 0.6) is 0 Å². The van der Waals surface area contributed by atoms with Gasteiger partial charge < -0.3 is 10.2 Å². The molecular weight excluding hydrogens is 248 g/mol. The van der Waals surface area contributed by atoms with E-state index in [4.69, 9.17) is 0 Å². The maximum Gasteiger partial charge on any atom is 0.290 e. The molecule has 0 aliphatic carbocycles. The van der Waals surface area contributed by atoms with Crippen LogP contribution in [0, 0.1) is 17.0 Å². The molecule has 1 aromatic heterocycles. The molecule has 1 aliphatic heterocycles. The molecule has 0 unspecified atom stereocenters. The van der Waals surface area contributed by atoms with Crippen molar-refractivity contribution in [2.45, 2.75) is 26.3 Å². The third kappa shape index (κ3) is 2.49. The maximum atomic E-state index is 11.7. The Morgan fingerprint density at radius 3 is 2.84 bits per heavy atom. The minimum absolute atomic E-state index is 0.00400. The molecule has 0 bridgehead atoms. The van der Waals surface area contributed by atoms with E-state index in [1.807, 2.05) is 11.8 Å². The number of hydrogen-bond acceptors (Lipinski definition) is 5. The summed E-state index contributed by atoms with van der Waals surface area (Å²) in [6, 6.07) is 1.42. The van der Waals surface area contributed by atoms with Gasteiger partial charge in [0.1, 0.15) is 18.1 Å². The topological polar surface area (TPSA) is 88.4 Å². The number of carbonyl (C=O) groups excluding carboxylic acids is 1. The molecule has 0 spiro atoms. The van der Waals surface area contributed by atoms with Crippen molar-refractivity contribution in [2.24, 2.45) is 0 Å². The predicted octanol–water partition coefficient (Wildman–Crippen LogP) is 1.01. The van der Waals surface area contributed by atoms with Crippen LogP contribution < -0.4 is 10.2 Å². The zero-order chi connectivity index (χ0) is 14.0. The summed E-state index contributed by atoms with van der Waals surface area (Å²) in [6.45, 7) is 4.89. The number of nitrogens with zero attached hydrogens (tertiary/aromatic N) is 3. The summed E-state index contributed by atoms with van der Waals surface area (Å²) in [5.74, 6) is 0.590. The van der Waals surface area contributed by atoms with E-state index in [1.165, 1.54) is 6.20 Å². The van der Waals surface area contributed by atoms with E-state index in [2.05, 4.69) is 10.3 Å². The van der Waals surface area contributed by atoms with Crippen LogP contribution in [0.15, 0.2) is 12.3 Å². The number of aryl methyl sites for hydroxylation is 1. The number of hydrogen-bond donors (Lipinski definition) is 1. The molecule has 7 heteroatoms. The summed E-state index contributed by atoms with van der Waals surface area (Å²) in [6.07, 6.45) is 1.98. The quantitative estimate of drug-likeness (QED) is 0.647. The van der Waals surface area contributed by atoms with Crippen LogP contribution in [-0.4, -0.2) is 34.9 Å². The van der Waals surface area contributed by atoms with Gasteiger partial charge in [-0.1, -0.05) is 0 Å². The predicted molar refractivity (Wildman–Crippen MR) is 70.1 cm³/mol. The van der Waals surface area contributed by atoms with Crippen molar-refractivity contribution in [2.75, 3.05) is 18.0 Å². The first-order valence-corrected chi connectivity index (χ1v) is 6.20. The summed E-state index contributed by atoms with van der Waals surface area (Å²) >= 11 is 0. The van der Waals surface area contributed by atoms with Crippen molar-refractivity contribution in [1.29, 1.82) is 0 Å². The fourth-order valence-corrected chi connectivity index (χ4v) is 2.30. The highest BCUT2D eigenvalue weighted by atomic mass is 16.6. The largest absolute Gasteiger partial charge is 0.354 e. The summed E-state index contributed by atoms with van der Waals surface area (Å²) in [5.41, 5.74) is 0.544. The van der Waals surface area contributed by atoms with Crippen LogP contribution in [0.3, 0.4) is 0 Å². The first-order chi connectivity index (χ1) is 9.04. The Morgan fingerprint density at radius 1 is 1.63 bits per heavy atom. The van der Waals surface area contributed by atoms with Gasteiger partial charge in [0.25, 0.3) is 5.69 Å². The average Bonchev–Trinajstić information content (AvgIpc) is 2.76. The van der Waals surface area contributed by atoms with Gasteiger partial charge in [0.2, 0.25) is 5.91 Å². The molecule has 7 nitrogen and oxygen atoms in total. The van der Waals surface area contributed by atoms with Gasteiger partial charge in [-0.2, -0.15) is 0 Å². The number of anilines is 1. The molecule has 1 saturated heterocycles. The van der Waals surface area contributed by atoms with Crippen molar-refractivity contribution >= 4 is 17.4 Å². The molecule has 1 aliphatic rings. The molecule has 1 fully saturated rings. The highest BCUT2D eigenvalue weighted by Gasteiger charge is 2.30. The summed E-state index contributed by atoms with van der Waals surface area (Å²) in [7, 11) is 0. The molecule has 0 radical (unpaired) electrons. The third-order valence-corrected chi connectivity index (χ3v) is 3.30. The van der Waals surface area contributed by atoms with E-state index in [0.29, 0.717) is 24.5 Å².